The smallest absolute Gasteiger partial charge is 0.333 e. The SMILES string of the molecule is C=C(CCC(CO)(CO)CO)C(=O)OCC(CC)CCCC. The summed E-state index contributed by atoms with van der Waals surface area (Å²) in [6, 6.07) is 0. The molecule has 0 heterocycles. The van der Waals surface area contributed by atoms with Crippen molar-refractivity contribution in [2.75, 3.05) is 26.4 Å². The first-order valence-electron chi connectivity index (χ1n) is 8.16. The molecule has 0 fully saturated rings. The zero-order valence-corrected chi connectivity index (χ0v) is 14.0. The third-order valence-corrected chi connectivity index (χ3v) is 4.25. The lowest BCUT2D eigenvalue weighted by molar-refractivity contribution is -0.140. The molecule has 0 aliphatic rings. The maximum Gasteiger partial charge on any atom is 0.333 e. The Morgan fingerprint density at radius 2 is 1.77 bits per heavy atom. The van der Waals surface area contributed by atoms with Crippen LogP contribution in [0.5, 0.6) is 0 Å². The van der Waals surface area contributed by atoms with Gasteiger partial charge in [-0.3, -0.25) is 0 Å². The number of unbranched alkanes of at least 4 members (excludes halogenated alkanes) is 1. The van der Waals surface area contributed by atoms with E-state index in [1.54, 1.807) is 0 Å². The molecule has 0 aliphatic heterocycles. The number of carbonyl (C=O) groups is 1. The number of esters is 1. The predicted octanol–water partition coefficient (Wildman–Crippen LogP) is 2.05. The molecule has 130 valence electrons. The van der Waals surface area contributed by atoms with Crippen molar-refractivity contribution in [2.45, 2.75) is 52.4 Å². The van der Waals surface area contributed by atoms with Crippen LogP contribution in [0.4, 0.5) is 0 Å². The third-order valence-electron chi connectivity index (χ3n) is 4.25. The molecule has 5 nitrogen and oxygen atoms in total. The van der Waals surface area contributed by atoms with E-state index in [-0.39, 0.29) is 32.7 Å². The summed E-state index contributed by atoms with van der Waals surface area (Å²) in [5.41, 5.74) is -0.666. The van der Waals surface area contributed by atoms with Crippen molar-refractivity contribution in [1.29, 1.82) is 0 Å². The average molecular weight is 316 g/mol. The lowest BCUT2D eigenvalue weighted by Crippen LogP contribution is -2.34. The van der Waals surface area contributed by atoms with Gasteiger partial charge in [-0.1, -0.05) is 39.7 Å². The Labute approximate surface area is 134 Å². The first kappa shape index (κ1) is 21.1. The fraction of sp³-hybridized carbons (Fsp3) is 0.824. The predicted molar refractivity (Wildman–Crippen MR) is 86.3 cm³/mol. The lowest BCUT2D eigenvalue weighted by atomic mass is 9.84. The van der Waals surface area contributed by atoms with Gasteiger partial charge in [0.05, 0.1) is 26.4 Å². The van der Waals surface area contributed by atoms with Gasteiger partial charge in [0.1, 0.15) is 0 Å². The summed E-state index contributed by atoms with van der Waals surface area (Å²) in [7, 11) is 0. The van der Waals surface area contributed by atoms with Crippen molar-refractivity contribution >= 4 is 5.97 Å². The van der Waals surface area contributed by atoms with Crippen LogP contribution >= 0.6 is 0 Å². The standard InChI is InChI=1S/C17H32O5/c1-4-6-7-15(5-2)10-22-16(21)14(3)8-9-17(11-18,12-19)13-20/h15,18-20H,3-13H2,1-2H3. The molecule has 5 heteroatoms. The van der Waals surface area contributed by atoms with Gasteiger partial charge in [-0.25, -0.2) is 4.79 Å². The van der Waals surface area contributed by atoms with E-state index in [1.807, 2.05) is 0 Å². The molecule has 0 saturated heterocycles. The van der Waals surface area contributed by atoms with Crippen LogP contribution < -0.4 is 0 Å². The summed E-state index contributed by atoms with van der Waals surface area (Å²) >= 11 is 0. The number of rotatable bonds is 13. The Bertz CT molecular complexity index is 315. The molecule has 0 amide bonds. The summed E-state index contributed by atoms with van der Waals surface area (Å²) < 4.78 is 5.29. The van der Waals surface area contributed by atoms with Crippen LogP contribution in [0.3, 0.4) is 0 Å². The minimum atomic E-state index is -0.976. The lowest BCUT2D eigenvalue weighted by Gasteiger charge is -2.27. The normalized spacial score (nSPS) is 13.0. The molecule has 0 bridgehead atoms. The zero-order valence-electron chi connectivity index (χ0n) is 14.0. The van der Waals surface area contributed by atoms with Crippen LogP contribution in [0.1, 0.15) is 52.4 Å². The van der Waals surface area contributed by atoms with E-state index in [4.69, 9.17) is 4.74 Å². The Hall–Kier alpha value is -0.910. The highest BCUT2D eigenvalue weighted by Crippen LogP contribution is 2.24. The monoisotopic (exact) mass is 316 g/mol. The van der Waals surface area contributed by atoms with Gasteiger partial charge < -0.3 is 20.1 Å². The number of hydrogen-bond acceptors (Lipinski definition) is 5. The summed E-state index contributed by atoms with van der Waals surface area (Å²) in [5, 5.41) is 27.8. The minimum absolute atomic E-state index is 0.284. The molecule has 0 radical (unpaired) electrons. The maximum atomic E-state index is 11.9. The van der Waals surface area contributed by atoms with Gasteiger partial charge in [0.2, 0.25) is 0 Å². The highest BCUT2D eigenvalue weighted by Gasteiger charge is 2.28. The first-order valence-corrected chi connectivity index (χ1v) is 8.16. The van der Waals surface area contributed by atoms with E-state index in [1.165, 1.54) is 0 Å². The van der Waals surface area contributed by atoms with Crippen LogP contribution in [-0.2, 0) is 9.53 Å². The fourth-order valence-electron chi connectivity index (χ4n) is 2.10. The number of ether oxygens (including phenoxy) is 1. The van der Waals surface area contributed by atoms with Crippen LogP contribution in [0.25, 0.3) is 0 Å². The van der Waals surface area contributed by atoms with Gasteiger partial charge in [0, 0.05) is 11.0 Å². The van der Waals surface area contributed by atoms with Gasteiger partial charge >= 0.3 is 5.97 Å². The highest BCUT2D eigenvalue weighted by molar-refractivity contribution is 5.87. The number of aliphatic hydroxyl groups excluding tert-OH is 3. The molecule has 0 aromatic carbocycles. The molecule has 1 atom stereocenters. The van der Waals surface area contributed by atoms with E-state index in [0.717, 1.165) is 25.7 Å². The van der Waals surface area contributed by atoms with Crippen molar-refractivity contribution in [3.05, 3.63) is 12.2 Å². The Balaban J connectivity index is 4.24. The number of aliphatic hydroxyl groups is 3. The van der Waals surface area contributed by atoms with Crippen LogP contribution in [0, 0.1) is 11.3 Å². The summed E-state index contributed by atoms with van der Waals surface area (Å²) in [5.74, 6) is -0.0548. The number of carbonyl (C=O) groups excluding carboxylic acids is 1. The van der Waals surface area contributed by atoms with E-state index in [0.29, 0.717) is 18.1 Å². The van der Waals surface area contributed by atoms with Gasteiger partial charge in [0.25, 0.3) is 0 Å². The van der Waals surface area contributed by atoms with Gasteiger partial charge in [-0.15, -0.1) is 0 Å². The molecule has 3 N–H and O–H groups in total. The minimum Gasteiger partial charge on any atom is -0.462 e. The van der Waals surface area contributed by atoms with Crippen molar-refractivity contribution in [3.8, 4) is 0 Å². The Kier molecular flexibility index (Phi) is 11.1. The number of hydrogen-bond donors (Lipinski definition) is 3. The van der Waals surface area contributed by atoms with E-state index in [9.17, 15) is 20.1 Å². The zero-order chi connectivity index (χ0) is 17.0. The summed E-state index contributed by atoms with van der Waals surface area (Å²) in [6.07, 6.45) is 4.85. The molecule has 0 rings (SSSR count). The quantitative estimate of drug-likeness (QED) is 0.357. The second-order valence-electron chi connectivity index (χ2n) is 6.09. The largest absolute Gasteiger partial charge is 0.462 e. The highest BCUT2D eigenvalue weighted by atomic mass is 16.5. The van der Waals surface area contributed by atoms with Crippen molar-refractivity contribution in [2.24, 2.45) is 11.3 Å². The second-order valence-corrected chi connectivity index (χ2v) is 6.09. The first-order chi connectivity index (χ1) is 10.5. The molecule has 0 aliphatic carbocycles. The molecule has 0 aromatic heterocycles. The molecule has 0 spiro atoms. The molecule has 1 unspecified atom stereocenters. The Morgan fingerprint density at radius 3 is 2.23 bits per heavy atom. The third kappa shape index (κ3) is 7.38. The van der Waals surface area contributed by atoms with Gasteiger partial charge in [-0.05, 0) is 25.2 Å². The van der Waals surface area contributed by atoms with Gasteiger partial charge in [-0.2, -0.15) is 0 Å². The van der Waals surface area contributed by atoms with Crippen LogP contribution in [-0.4, -0.2) is 47.7 Å². The fourth-order valence-corrected chi connectivity index (χ4v) is 2.10. The molecule has 0 aromatic rings. The summed E-state index contributed by atoms with van der Waals surface area (Å²) in [6.45, 7) is 7.32. The van der Waals surface area contributed by atoms with Crippen molar-refractivity contribution < 1.29 is 24.9 Å². The summed E-state index contributed by atoms with van der Waals surface area (Å²) in [4.78, 5) is 11.9. The van der Waals surface area contributed by atoms with Crippen LogP contribution in [0.15, 0.2) is 12.2 Å². The van der Waals surface area contributed by atoms with E-state index >= 15 is 0 Å². The maximum absolute atomic E-state index is 11.9. The average Bonchev–Trinajstić information content (AvgIpc) is 2.56. The van der Waals surface area contributed by atoms with Crippen molar-refractivity contribution in [3.63, 3.8) is 0 Å². The second kappa shape index (κ2) is 11.6. The molecule has 22 heavy (non-hydrogen) atoms. The molecular formula is C17H32O5. The molecular weight excluding hydrogens is 284 g/mol. The topological polar surface area (TPSA) is 87.0 Å². The van der Waals surface area contributed by atoms with E-state index < -0.39 is 11.4 Å². The molecule has 0 saturated carbocycles. The Morgan fingerprint density at radius 1 is 1.18 bits per heavy atom. The van der Waals surface area contributed by atoms with Gasteiger partial charge in [0.15, 0.2) is 0 Å². The van der Waals surface area contributed by atoms with Crippen molar-refractivity contribution in [1.82, 2.24) is 0 Å². The van der Waals surface area contributed by atoms with Crippen LogP contribution in [0.2, 0.25) is 0 Å². The van der Waals surface area contributed by atoms with E-state index in [2.05, 4.69) is 20.4 Å².